The number of hydrogen-bond donors (Lipinski definition) is 1. The number of imidazole rings is 1. The lowest BCUT2D eigenvalue weighted by atomic mass is 9.76. The molecule has 1 aliphatic rings. The quantitative estimate of drug-likeness (QED) is 0.871. The highest BCUT2D eigenvalue weighted by Gasteiger charge is 2.37. The van der Waals surface area contributed by atoms with Crippen molar-refractivity contribution < 1.29 is 0 Å². The summed E-state index contributed by atoms with van der Waals surface area (Å²) in [4.78, 5) is 4.36. The molecule has 17 heavy (non-hydrogen) atoms. The Morgan fingerprint density at radius 3 is 2.88 bits per heavy atom. The zero-order valence-corrected chi connectivity index (χ0v) is 11.3. The van der Waals surface area contributed by atoms with E-state index in [9.17, 15) is 0 Å². The average molecular weight is 235 g/mol. The van der Waals surface area contributed by atoms with E-state index in [1.807, 2.05) is 19.4 Å². The monoisotopic (exact) mass is 235 g/mol. The van der Waals surface area contributed by atoms with E-state index in [2.05, 4.69) is 23.4 Å². The first-order valence-corrected chi connectivity index (χ1v) is 6.72. The number of aromatic nitrogens is 2. The molecule has 2 unspecified atom stereocenters. The Morgan fingerprint density at radius 1 is 1.59 bits per heavy atom. The minimum Gasteiger partial charge on any atom is -0.338 e. The molecular weight excluding hydrogens is 210 g/mol. The minimum absolute atomic E-state index is 0.323. The van der Waals surface area contributed by atoms with Crippen LogP contribution in [0.15, 0.2) is 12.4 Å². The number of nitrogens with zero attached hydrogens (tertiary/aromatic N) is 2. The summed E-state index contributed by atoms with van der Waals surface area (Å²) in [5.41, 5.74) is 6.82. The zero-order valence-electron chi connectivity index (χ0n) is 11.3. The lowest BCUT2D eigenvalue weighted by molar-refractivity contribution is 0.214. The summed E-state index contributed by atoms with van der Waals surface area (Å²) >= 11 is 0. The summed E-state index contributed by atoms with van der Waals surface area (Å²) in [6.07, 6.45) is 9.88. The van der Waals surface area contributed by atoms with Gasteiger partial charge in [0, 0.05) is 31.9 Å². The molecule has 0 bridgehead atoms. The fourth-order valence-corrected chi connectivity index (χ4v) is 3.28. The Kier molecular flexibility index (Phi) is 3.57. The van der Waals surface area contributed by atoms with E-state index >= 15 is 0 Å². The van der Waals surface area contributed by atoms with Gasteiger partial charge >= 0.3 is 0 Å². The van der Waals surface area contributed by atoms with Crippen LogP contribution in [-0.4, -0.2) is 15.6 Å². The molecule has 1 fully saturated rings. The van der Waals surface area contributed by atoms with Gasteiger partial charge in [0.2, 0.25) is 0 Å². The third kappa shape index (κ3) is 2.71. The highest BCUT2D eigenvalue weighted by molar-refractivity contribution is 4.95. The summed E-state index contributed by atoms with van der Waals surface area (Å²) < 4.78 is 2.09. The summed E-state index contributed by atoms with van der Waals surface area (Å²) in [5, 5.41) is 0. The van der Waals surface area contributed by atoms with Gasteiger partial charge in [-0.1, -0.05) is 20.3 Å². The second-order valence-electron chi connectivity index (χ2n) is 6.14. The van der Waals surface area contributed by atoms with Crippen molar-refractivity contribution in [2.45, 2.75) is 52.0 Å². The molecule has 1 aromatic heterocycles. The number of aryl methyl sites for hydroxylation is 2. The molecule has 1 aromatic rings. The molecule has 0 aliphatic heterocycles. The maximum absolute atomic E-state index is 6.38. The molecule has 96 valence electrons. The average Bonchev–Trinajstić information content (AvgIpc) is 2.81. The van der Waals surface area contributed by atoms with Crippen LogP contribution in [0.2, 0.25) is 0 Å². The van der Waals surface area contributed by atoms with E-state index in [1.54, 1.807) is 0 Å². The maximum Gasteiger partial charge on any atom is 0.108 e. The summed E-state index contributed by atoms with van der Waals surface area (Å²) in [7, 11) is 2.05. The van der Waals surface area contributed by atoms with Gasteiger partial charge in [0.25, 0.3) is 0 Å². The van der Waals surface area contributed by atoms with E-state index in [-0.39, 0.29) is 0 Å². The molecule has 0 radical (unpaired) electrons. The second-order valence-corrected chi connectivity index (χ2v) is 6.14. The zero-order chi connectivity index (χ0) is 12.5. The van der Waals surface area contributed by atoms with Crippen LogP contribution in [0.5, 0.6) is 0 Å². The Hall–Kier alpha value is -0.830. The first-order valence-electron chi connectivity index (χ1n) is 6.72. The van der Waals surface area contributed by atoms with Gasteiger partial charge in [-0.3, -0.25) is 0 Å². The molecule has 0 spiro atoms. The van der Waals surface area contributed by atoms with Gasteiger partial charge < -0.3 is 10.3 Å². The van der Waals surface area contributed by atoms with Gasteiger partial charge in [0.1, 0.15) is 5.82 Å². The number of rotatable bonds is 4. The van der Waals surface area contributed by atoms with Crippen LogP contribution < -0.4 is 5.73 Å². The highest BCUT2D eigenvalue weighted by Crippen LogP contribution is 2.44. The molecular formula is C14H25N3. The molecule has 1 heterocycles. The normalized spacial score (nSPS) is 25.1. The van der Waals surface area contributed by atoms with Crippen molar-refractivity contribution in [3.05, 3.63) is 18.2 Å². The SMILES string of the molecule is Cn1ccnc1CCC(N)C1CCCC1(C)C. The number of nitrogens with two attached hydrogens (primary N) is 1. The second kappa shape index (κ2) is 4.81. The van der Waals surface area contributed by atoms with Gasteiger partial charge in [-0.15, -0.1) is 0 Å². The molecule has 2 rings (SSSR count). The van der Waals surface area contributed by atoms with Gasteiger partial charge in [-0.05, 0) is 30.6 Å². The van der Waals surface area contributed by atoms with Crippen LogP contribution in [0.1, 0.15) is 45.4 Å². The Morgan fingerprint density at radius 2 is 2.35 bits per heavy atom. The van der Waals surface area contributed by atoms with Crippen LogP contribution in [0.25, 0.3) is 0 Å². The van der Waals surface area contributed by atoms with Crippen molar-refractivity contribution in [1.82, 2.24) is 9.55 Å². The Balaban J connectivity index is 1.89. The molecule has 2 N–H and O–H groups in total. The first-order chi connectivity index (χ1) is 8.00. The van der Waals surface area contributed by atoms with Gasteiger partial charge in [0.15, 0.2) is 0 Å². The molecule has 0 saturated heterocycles. The van der Waals surface area contributed by atoms with E-state index in [4.69, 9.17) is 5.73 Å². The van der Waals surface area contributed by atoms with Crippen LogP contribution in [0.3, 0.4) is 0 Å². The smallest absolute Gasteiger partial charge is 0.108 e. The Labute approximate surface area is 104 Å². The molecule has 1 saturated carbocycles. The predicted molar refractivity (Wildman–Crippen MR) is 70.6 cm³/mol. The third-order valence-electron chi connectivity index (χ3n) is 4.48. The Bertz CT molecular complexity index is 367. The lowest BCUT2D eigenvalue weighted by Crippen LogP contribution is -2.36. The maximum atomic E-state index is 6.38. The standard InChI is InChI=1S/C14H25N3/c1-14(2)8-4-5-11(14)12(15)6-7-13-16-9-10-17(13)3/h9-12H,4-8,15H2,1-3H3. The molecule has 0 amide bonds. The molecule has 0 aromatic carbocycles. The first kappa shape index (κ1) is 12.6. The third-order valence-corrected chi connectivity index (χ3v) is 4.48. The topological polar surface area (TPSA) is 43.8 Å². The largest absolute Gasteiger partial charge is 0.338 e. The van der Waals surface area contributed by atoms with Gasteiger partial charge in [-0.2, -0.15) is 0 Å². The van der Waals surface area contributed by atoms with Crippen molar-refractivity contribution in [2.24, 2.45) is 24.1 Å². The van der Waals surface area contributed by atoms with Gasteiger partial charge in [-0.25, -0.2) is 4.98 Å². The molecule has 2 atom stereocenters. The number of hydrogen-bond acceptors (Lipinski definition) is 2. The highest BCUT2D eigenvalue weighted by atomic mass is 15.0. The van der Waals surface area contributed by atoms with Crippen LogP contribution in [-0.2, 0) is 13.5 Å². The van der Waals surface area contributed by atoms with Crippen LogP contribution in [0.4, 0.5) is 0 Å². The predicted octanol–water partition coefficient (Wildman–Crippen LogP) is 2.51. The van der Waals surface area contributed by atoms with Crippen molar-refractivity contribution in [1.29, 1.82) is 0 Å². The van der Waals surface area contributed by atoms with E-state index in [0.29, 0.717) is 17.4 Å². The summed E-state index contributed by atoms with van der Waals surface area (Å²) in [5.74, 6) is 1.83. The van der Waals surface area contributed by atoms with Crippen LogP contribution in [0, 0.1) is 11.3 Å². The minimum atomic E-state index is 0.323. The van der Waals surface area contributed by atoms with Crippen LogP contribution >= 0.6 is 0 Å². The van der Waals surface area contributed by atoms with E-state index in [0.717, 1.165) is 18.7 Å². The van der Waals surface area contributed by atoms with E-state index < -0.39 is 0 Å². The molecule has 3 nitrogen and oxygen atoms in total. The summed E-state index contributed by atoms with van der Waals surface area (Å²) in [6, 6.07) is 0.323. The fourth-order valence-electron chi connectivity index (χ4n) is 3.28. The van der Waals surface area contributed by atoms with Crippen molar-refractivity contribution in [2.75, 3.05) is 0 Å². The lowest BCUT2D eigenvalue weighted by Gasteiger charge is -2.32. The molecule has 3 heteroatoms. The van der Waals surface area contributed by atoms with E-state index in [1.165, 1.54) is 19.3 Å². The molecule has 1 aliphatic carbocycles. The van der Waals surface area contributed by atoms with Crippen molar-refractivity contribution in [3.8, 4) is 0 Å². The summed E-state index contributed by atoms with van der Waals surface area (Å²) in [6.45, 7) is 4.73. The van der Waals surface area contributed by atoms with Gasteiger partial charge in [0.05, 0.1) is 0 Å². The fraction of sp³-hybridized carbons (Fsp3) is 0.786. The van der Waals surface area contributed by atoms with Crippen molar-refractivity contribution in [3.63, 3.8) is 0 Å². The van der Waals surface area contributed by atoms with Crippen molar-refractivity contribution >= 4 is 0 Å².